The van der Waals surface area contributed by atoms with E-state index in [0.717, 1.165) is 30.9 Å². The molecule has 2 aromatic carbocycles. The summed E-state index contributed by atoms with van der Waals surface area (Å²) in [7, 11) is -4.06. The molecule has 0 aromatic heterocycles. The monoisotopic (exact) mass is 548 g/mol. The van der Waals surface area contributed by atoms with Crippen molar-refractivity contribution in [2.45, 2.75) is 56.7 Å². The molecule has 38 heavy (non-hydrogen) atoms. The summed E-state index contributed by atoms with van der Waals surface area (Å²) in [6.45, 7) is 1.08. The van der Waals surface area contributed by atoms with Crippen LogP contribution in [-0.2, 0) is 17.0 Å². The van der Waals surface area contributed by atoms with Gasteiger partial charge in [-0.05, 0) is 43.1 Å². The lowest BCUT2D eigenvalue weighted by Gasteiger charge is -2.24. The summed E-state index contributed by atoms with van der Waals surface area (Å²) < 4.78 is 40.9. The van der Waals surface area contributed by atoms with Crippen molar-refractivity contribution in [1.82, 2.24) is 9.80 Å². The highest BCUT2D eigenvalue weighted by atomic mass is 31.2. The van der Waals surface area contributed by atoms with Crippen molar-refractivity contribution in [3.05, 3.63) is 83.9 Å². The number of benzene rings is 2. The molecular weight excluding hydrogens is 513 g/mol. The minimum absolute atomic E-state index is 0.0904. The number of nitrogens with zero attached hydrogens (tertiary/aromatic N) is 2. The summed E-state index contributed by atoms with van der Waals surface area (Å²) in [5.41, 5.74) is 0.579. The van der Waals surface area contributed by atoms with Crippen molar-refractivity contribution >= 4 is 13.6 Å². The molecule has 4 rings (SSSR count). The Morgan fingerprint density at radius 2 is 1.68 bits per heavy atom. The first-order chi connectivity index (χ1) is 18.0. The van der Waals surface area contributed by atoms with E-state index < -0.39 is 25.7 Å². The number of urea groups is 1. The number of aliphatic hydroxyl groups excluding tert-OH is 1. The van der Waals surface area contributed by atoms with Gasteiger partial charge >= 0.3 is 19.5 Å². The number of halogens is 2. The van der Waals surface area contributed by atoms with Gasteiger partial charge < -0.3 is 24.7 Å². The second-order valence-electron chi connectivity index (χ2n) is 10.5. The minimum atomic E-state index is -4.06. The average Bonchev–Trinajstić information content (AvgIpc) is 3.61. The quantitative estimate of drug-likeness (QED) is 0.238. The van der Waals surface area contributed by atoms with Crippen LogP contribution in [0.4, 0.5) is 13.6 Å². The molecule has 1 heterocycles. The van der Waals surface area contributed by atoms with E-state index in [9.17, 15) is 33.0 Å². The molecule has 1 saturated carbocycles. The number of rotatable bonds is 13. The first kappa shape index (κ1) is 28.4. The molecule has 1 aliphatic heterocycles. The topological polar surface area (TPSA) is 101 Å². The van der Waals surface area contributed by atoms with E-state index in [0.29, 0.717) is 32.5 Å². The predicted molar refractivity (Wildman–Crippen MR) is 141 cm³/mol. The third-order valence-electron chi connectivity index (χ3n) is 7.58. The highest BCUT2D eigenvalue weighted by Crippen LogP contribution is 2.55. The van der Waals surface area contributed by atoms with Crippen molar-refractivity contribution in [2.75, 3.05) is 19.3 Å². The van der Waals surface area contributed by atoms with Gasteiger partial charge in [-0.1, -0.05) is 72.8 Å². The number of aliphatic hydroxyl groups is 1. The number of hydrogen-bond acceptors (Lipinski definition) is 3. The number of alkyl halides is 2. The van der Waals surface area contributed by atoms with E-state index in [1.807, 2.05) is 30.3 Å². The van der Waals surface area contributed by atoms with Crippen molar-refractivity contribution in [2.24, 2.45) is 5.41 Å². The van der Waals surface area contributed by atoms with Gasteiger partial charge in [0.05, 0.1) is 12.2 Å². The Morgan fingerprint density at radius 1 is 1.05 bits per heavy atom. The van der Waals surface area contributed by atoms with E-state index in [-0.39, 0.29) is 23.2 Å². The van der Waals surface area contributed by atoms with Gasteiger partial charge in [0.25, 0.3) is 0 Å². The van der Waals surface area contributed by atoms with Crippen LogP contribution in [0.2, 0.25) is 0 Å². The van der Waals surface area contributed by atoms with E-state index in [2.05, 4.69) is 0 Å². The molecule has 2 atom stereocenters. The Labute approximate surface area is 221 Å². The Kier molecular flexibility index (Phi) is 8.72. The normalized spacial score (nSPS) is 20.3. The van der Waals surface area contributed by atoms with Gasteiger partial charge in [0.2, 0.25) is 0 Å². The van der Waals surface area contributed by atoms with Crippen LogP contribution in [0.25, 0.3) is 0 Å². The summed E-state index contributed by atoms with van der Waals surface area (Å²) >= 11 is 0. The smallest absolute Gasteiger partial charge is 0.325 e. The summed E-state index contributed by atoms with van der Waals surface area (Å²) in [4.78, 5) is 35.1. The lowest BCUT2D eigenvalue weighted by atomic mass is 9.97. The molecule has 1 aliphatic carbocycles. The molecule has 206 valence electrons. The van der Waals surface area contributed by atoms with Crippen molar-refractivity contribution in [3.8, 4) is 0 Å². The molecule has 1 saturated heterocycles. The molecule has 2 aliphatic rings. The van der Waals surface area contributed by atoms with Gasteiger partial charge in [-0.15, -0.1) is 0 Å². The third-order valence-corrected chi connectivity index (χ3v) is 8.39. The summed E-state index contributed by atoms with van der Waals surface area (Å²) in [5.74, 6) is -3.48. The first-order valence-corrected chi connectivity index (χ1v) is 14.7. The fourth-order valence-corrected chi connectivity index (χ4v) is 5.85. The van der Waals surface area contributed by atoms with Crippen LogP contribution in [0.5, 0.6) is 0 Å². The van der Waals surface area contributed by atoms with Gasteiger partial charge in [0, 0.05) is 25.2 Å². The van der Waals surface area contributed by atoms with E-state index in [4.69, 9.17) is 0 Å². The number of hydrogen-bond donors (Lipinski definition) is 3. The molecule has 0 spiro atoms. The summed E-state index contributed by atoms with van der Waals surface area (Å²) in [5, 5.41) is 10.3. The van der Waals surface area contributed by atoms with E-state index in [1.54, 1.807) is 15.9 Å². The zero-order chi connectivity index (χ0) is 27.4. The number of carbonyl (C=O) groups is 1. The lowest BCUT2D eigenvalue weighted by molar-refractivity contribution is -0.0929. The molecular formula is C28H35F2N2O5P. The zero-order valence-electron chi connectivity index (χ0n) is 21.2. The molecule has 7 nitrogen and oxygen atoms in total. The third kappa shape index (κ3) is 7.29. The van der Waals surface area contributed by atoms with Crippen LogP contribution < -0.4 is 0 Å². The fourth-order valence-electron chi connectivity index (χ4n) is 5.08. The van der Waals surface area contributed by atoms with Gasteiger partial charge in [0.1, 0.15) is 6.10 Å². The molecule has 0 radical (unpaired) electrons. The SMILES string of the molecule is O=C1N(Cc2ccccc2)CC(C=CC(O)C(F)(F)c2ccccc2)N1CCCC1(CCP(=O)(O)O)CC1. The Bertz CT molecular complexity index is 1150. The summed E-state index contributed by atoms with van der Waals surface area (Å²) in [6.07, 6.45) is 4.02. The van der Waals surface area contributed by atoms with Gasteiger partial charge in [-0.3, -0.25) is 4.57 Å². The van der Waals surface area contributed by atoms with E-state index >= 15 is 0 Å². The molecule has 0 bridgehead atoms. The molecule has 2 aromatic rings. The Balaban J connectivity index is 1.44. The fraction of sp³-hybridized carbons (Fsp3) is 0.464. The van der Waals surface area contributed by atoms with Crippen LogP contribution >= 0.6 is 7.60 Å². The second-order valence-corrected chi connectivity index (χ2v) is 12.2. The molecule has 3 N–H and O–H groups in total. The summed E-state index contributed by atoms with van der Waals surface area (Å²) in [6, 6.07) is 16.0. The number of amides is 2. The van der Waals surface area contributed by atoms with Crippen LogP contribution in [0.1, 0.15) is 43.2 Å². The second kappa shape index (κ2) is 11.7. The average molecular weight is 549 g/mol. The van der Waals surface area contributed by atoms with Crippen LogP contribution in [0, 0.1) is 5.41 Å². The minimum Gasteiger partial charge on any atom is -0.382 e. The van der Waals surface area contributed by atoms with Gasteiger partial charge in [-0.25, -0.2) is 4.79 Å². The largest absolute Gasteiger partial charge is 0.382 e. The van der Waals surface area contributed by atoms with E-state index in [1.165, 1.54) is 30.3 Å². The molecule has 2 fully saturated rings. The Morgan fingerprint density at radius 3 is 2.29 bits per heavy atom. The molecule has 2 unspecified atom stereocenters. The van der Waals surface area contributed by atoms with Crippen LogP contribution in [-0.4, -0.2) is 62.1 Å². The number of carbonyl (C=O) groups excluding carboxylic acids is 1. The van der Waals surface area contributed by atoms with Crippen molar-refractivity contribution in [3.63, 3.8) is 0 Å². The molecule has 10 heteroatoms. The van der Waals surface area contributed by atoms with Crippen molar-refractivity contribution in [1.29, 1.82) is 0 Å². The highest BCUT2D eigenvalue weighted by Gasteiger charge is 2.44. The standard InChI is InChI=1S/C28H35F2N2O5P/c29-28(30,23-10-5-2-6-11-23)25(33)13-12-24-21-31(20-22-8-3-1-4-9-22)26(34)32(24)18-7-14-27(15-16-27)17-19-38(35,36)37/h1-6,8-13,24-25,33H,7,14-21H2,(H2,35,36,37). The maximum atomic E-state index is 14.8. The van der Waals surface area contributed by atoms with Crippen LogP contribution in [0.15, 0.2) is 72.8 Å². The van der Waals surface area contributed by atoms with Gasteiger partial charge in [-0.2, -0.15) is 8.78 Å². The highest BCUT2D eigenvalue weighted by molar-refractivity contribution is 7.51. The first-order valence-electron chi connectivity index (χ1n) is 12.9. The Hall–Kier alpha value is -2.58. The maximum Gasteiger partial charge on any atom is 0.325 e. The van der Waals surface area contributed by atoms with Crippen LogP contribution in [0.3, 0.4) is 0 Å². The zero-order valence-corrected chi connectivity index (χ0v) is 22.1. The maximum absolute atomic E-state index is 14.8. The lowest BCUT2D eigenvalue weighted by Crippen LogP contribution is -2.36. The molecule has 2 amide bonds. The van der Waals surface area contributed by atoms with Gasteiger partial charge in [0.15, 0.2) is 0 Å². The van der Waals surface area contributed by atoms with Crippen molar-refractivity contribution < 1.29 is 33.0 Å². The predicted octanol–water partition coefficient (Wildman–Crippen LogP) is 5.13.